The van der Waals surface area contributed by atoms with Crippen molar-refractivity contribution in [2.24, 2.45) is 0 Å². The number of ether oxygens (including phenoxy) is 1. The van der Waals surface area contributed by atoms with Gasteiger partial charge in [0.15, 0.2) is 0 Å². The highest BCUT2D eigenvalue weighted by Gasteiger charge is 2.16. The van der Waals surface area contributed by atoms with E-state index in [0.717, 1.165) is 39.4 Å². The van der Waals surface area contributed by atoms with Crippen LogP contribution in [0.2, 0.25) is 0 Å². The molecule has 2 unspecified atom stereocenters. The van der Waals surface area contributed by atoms with Gasteiger partial charge in [-0.05, 0) is 26.3 Å². The van der Waals surface area contributed by atoms with Gasteiger partial charge in [-0.25, -0.2) is 0 Å². The summed E-state index contributed by atoms with van der Waals surface area (Å²) in [4.78, 5) is 2.50. The molecular formula is C13H27N3O. The van der Waals surface area contributed by atoms with Crippen molar-refractivity contribution in [1.82, 2.24) is 15.5 Å². The van der Waals surface area contributed by atoms with Crippen molar-refractivity contribution in [2.75, 3.05) is 45.9 Å². The topological polar surface area (TPSA) is 36.5 Å². The monoisotopic (exact) mass is 241 g/mol. The van der Waals surface area contributed by atoms with E-state index in [1.807, 2.05) is 0 Å². The van der Waals surface area contributed by atoms with E-state index in [2.05, 4.69) is 22.5 Å². The highest BCUT2D eigenvalue weighted by molar-refractivity contribution is 4.77. The molecule has 4 heteroatoms. The average Bonchev–Trinajstić information content (AvgIpc) is 2.39. The lowest BCUT2D eigenvalue weighted by atomic mass is 10.0. The second-order valence-electron chi connectivity index (χ2n) is 5.37. The van der Waals surface area contributed by atoms with E-state index in [1.54, 1.807) is 0 Å². The number of piperidine rings is 1. The van der Waals surface area contributed by atoms with Crippen LogP contribution in [0, 0.1) is 0 Å². The summed E-state index contributed by atoms with van der Waals surface area (Å²) in [5.74, 6) is 0. The molecule has 0 aromatic heterocycles. The Kier molecular flexibility index (Phi) is 5.71. The predicted octanol–water partition coefficient (Wildman–Crippen LogP) is 0.439. The van der Waals surface area contributed by atoms with Crippen molar-refractivity contribution < 1.29 is 4.74 Å². The molecular weight excluding hydrogens is 214 g/mol. The number of morpholine rings is 1. The van der Waals surface area contributed by atoms with Gasteiger partial charge in [-0.1, -0.05) is 6.42 Å². The molecule has 2 aliphatic heterocycles. The number of nitrogens with one attached hydrogen (secondary N) is 2. The van der Waals surface area contributed by atoms with Crippen molar-refractivity contribution in [3.05, 3.63) is 0 Å². The quantitative estimate of drug-likeness (QED) is 0.732. The predicted molar refractivity (Wildman–Crippen MR) is 70.4 cm³/mol. The van der Waals surface area contributed by atoms with Crippen molar-refractivity contribution in [1.29, 1.82) is 0 Å². The van der Waals surface area contributed by atoms with Gasteiger partial charge >= 0.3 is 0 Å². The van der Waals surface area contributed by atoms with Gasteiger partial charge in [0.2, 0.25) is 0 Å². The fourth-order valence-electron chi connectivity index (χ4n) is 2.68. The molecule has 4 nitrogen and oxygen atoms in total. The molecule has 0 aliphatic carbocycles. The Bertz CT molecular complexity index is 201. The molecule has 2 atom stereocenters. The summed E-state index contributed by atoms with van der Waals surface area (Å²) in [7, 11) is 0. The minimum atomic E-state index is 0.580. The third-order valence-electron chi connectivity index (χ3n) is 3.76. The van der Waals surface area contributed by atoms with Crippen LogP contribution < -0.4 is 10.6 Å². The molecule has 2 rings (SSSR count). The largest absolute Gasteiger partial charge is 0.379 e. The van der Waals surface area contributed by atoms with Crippen LogP contribution in [0.15, 0.2) is 0 Å². The fourth-order valence-corrected chi connectivity index (χ4v) is 2.68. The molecule has 2 saturated heterocycles. The molecule has 17 heavy (non-hydrogen) atoms. The van der Waals surface area contributed by atoms with Crippen molar-refractivity contribution >= 4 is 0 Å². The van der Waals surface area contributed by atoms with E-state index < -0.39 is 0 Å². The third kappa shape index (κ3) is 4.92. The summed E-state index contributed by atoms with van der Waals surface area (Å²) in [6, 6.07) is 1.27. The highest BCUT2D eigenvalue weighted by Crippen LogP contribution is 2.06. The Labute approximate surface area is 105 Å². The molecule has 0 radical (unpaired) electrons. The standard InChI is InChI=1S/C13H27N3O/c1-12(11-16-6-8-17-9-7-16)15-10-13-4-2-3-5-14-13/h12-15H,2-11H2,1H3. The molecule has 2 heterocycles. The lowest BCUT2D eigenvalue weighted by molar-refractivity contribution is 0.0343. The van der Waals surface area contributed by atoms with Gasteiger partial charge in [0, 0.05) is 38.3 Å². The van der Waals surface area contributed by atoms with E-state index in [1.165, 1.54) is 25.8 Å². The van der Waals surface area contributed by atoms with Gasteiger partial charge < -0.3 is 15.4 Å². The first-order valence-electron chi connectivity index (χ1n) is 7.11. The molecule has 2 N–H and O–H groups in total. The normalized spacial score (nSPS) is 29.1. The molecule has 2 aliphatic rings. The van der Waals surface area contributed by atoms with E-state index in [-0.39, 0.29) is 0 Å². The molecule has 0 bridgehead atoms. The first-order chi connectivity index (χ1) is 8.34. The summed E-state index contributed by atoms with van der Waals surface area (Å²) in [6.07, 6.45) is 4.06. The molecule has 0 amide bonds. The maximum absolute atomic E-state index is 5.36. The molecule has 0 aromatic carbocycles. The van der Waals surface area contributed by atoms with Gasteiger partial charge in [0.05, 0.1) is 13.2 Å². The Balaban J connectivity index is 1.57. The van der Waals surface area contributed by atoms with Gasteiger partial charge in [-0.3, -0.25) is 4.90 Å². The zero-order valence-corrected chi connectivity index (χ0v) is 11.1. The third-order valence-corrected chi connectivity index (χ3v) is 3.76. The Morgan fingerprint density at radius 1 is 1.35 bits per heavy atom. The zero-order chi connectivity index (χ0) is 11.9. The van der Waals surface area contributed by atoms with Crippen molar-refractivity contribution in [2.45, 2.75) is 38.3 Å². The molecule has 0 saturated carbocycles. The summed E-state index contributed by atoms with van der Waals surface area (Å²) in [5.41, 5.74) is 0. The Morgan fingerprint density at radius 3 is 2.88 bits per heavy atom. The minimum Gasteiger partial charge on any atom is -0.379 e. The lowest BCUT2D eigenvalue weighted by Gasteiger charge is -2.31. The van der Waals surface area contributed by atoms with E-state index in [0.29, 0.717) is 12.1 Å². The Hall–Kier alpha value is -0.160. The van der Waals surface area contributed by atoms with Crippen LogP contribution in [0.4, 0.5) is 0 Å². The zero-order valence-electron chi connectivity index (χ0n) is 11.1. The lowest BCUT2D eigenvalue weighted by Crippen LogP contribution is -2.48. The molecule has 2 fully saturated rings. The van der Waals surface area contributed by atoms with Crippen LogP contribution in [-0.2, 0) is 4.74 Å². The minimum absolute atomic E-state index is 0.580. The summed E-state index contributed by atoms with van der Waals surface area (Å²) >= 11 is 0. The van der Waals surface area contributed by atoms with E-state index in [4.69, 9.17) is 4.74 Å². The average molecular weight is 241 g/mol. The number of rotatable bonds is 5. The number of nitrogens with zero attached hydrogens (tertiary/aromatic N) is 1. The van der Waals surface area contributed by atoms with Gasteiger partial charge in [-0.15, -0.1) is 0 Å². The molecule has 100 valence electrons. The second-order valence-corrected chi connectivity index (χ2v) is 5.37. The fraction of sp³-hybridized carbons (Fsp3) is 1.00. The van der Waals surface area contributed by atoms with Crippen LogP contribution in [0.3, 0.4) is 0 Å². The molecule has 0 aromatic rings. The van der Waals surface area contributed by atoms with E-state index >= 15 is 0 Å². The van der Waals surface area contributed by atoms with Crippen LogP contribution in [0.1, 0.15) is 26.2 Å². The maximum Gasteiger partial charge on any atom is 0.0594 e. The summed E-state index contributed by atoms with van der Waals surface area (Å²) < 4.78 is 5.36. The second kappa shape index (κ2) is 7.31. The molecule has 0 spiro atoms. The van der Waals surface area contributed by atoms with Crippen LogP contribution in [0.5, 0.6) is 0 Å². The first kappa shape index (κ1) is 13.3. The van der Waals surface area contributed by atoms with E-state index in [9.17, 15) is 0 Å². The SMILES string of the molecule is CC(CN1CCOCC1)NCC1CCCCN1. The van der Waals surface area contributed by atoms with Crippen LogP contribution in [-0.4, -0.2) is 62.9 Å². The van der Waals surface area contributed by atoms with Crippen molar-refractivity contribution in [3.63, 3.8) is 0 Å². The summed E-state index contributed by atoms with van der Waals surface area (Å²) in [5, 5.41) is 7.24. The summed E-state index contributed by atoms with van der Waals surface area (Å²) in [6.45, 7) is 9.74. The Morgan fingerprint density at radius 2 is 2.18 bits per heavy atom. The number of hydrogen-bond acceptors (Lipinski definition) is 4. The van der Waals surface area contributed by atoms with Crippen LogP contribution >= 0.6 is 0 Å². The number of hydrogen-bond donors (Lipinski definition) is 2. The smallest absolute Gasteiger partial charge is 0.0594 e. The van der Waals surface area contributed by atoms with Crippen molar-refractivity contribution in [3.8, 4) is 0 Å². The van der Waals surface area contributed by atoms with Gasteiger partial charge in [0.1, 0.15) is 0 Å². The first-order valence-corrected chi connectivity index (χ1v) is 7.11. The maximum atomic E-state index is 5.36. The van der Waals surface area contributed by atoms with Gasteiger partial charge in [-0.2, -0.15) is 0 Å². The van der Waals surface area contributed by atoms with Crippen LogP contribution in [0.25, 0.3) is 0 Å². The van der Waals surface area contributed by atoms with Gasteiger partial charge in [0.25, 0.3) is 0 Å². The highest BCUT2D eigenvalue weighted by atomic mass is 16.5.